The molecule has 1 saturated heterocycles. The summed E-state index contributed by atoms with van der Waals surface area (Å²) < 4.78 is 52.0. The lowest BCUT2D eigenvalue weighted by atomic mass is 9.91. The van der Waals surface area contributed by atoms with Crippen molar-refractivity contribution in [3.63, 3.8) is 0 Å². The number of hydrogen-bond acceptors (Lipinski definition) is 6. The average molecular weight is 447 g/mol. The number of alkyl halides is 3. The molecule has 32 heavy (non-hydrogen) atoms. The fraction of sp³-hybridized carbons (Fsp3) is 0.500. The van der Waals surface area contributed by atoms with Crippen LogP contribution in [0.5, 0.6) is 11.5 Å². The molecule has 0 radical (unpaired) electrons. The van der Waals surface area contributed by atoms with E-state index in [0.717, 1.165) is 67.3 Å². The van der Waals surface area contributed by atoms with Crippen LogP contribution in [0.15, 0.2) is 30.6 Å². The number of piperidine rings is 1. The highest BCUT2D eigenvalue weighted by Gasteiger charge is 2.36. The lowest BCUT2D eigenvalue weighted by molar-refractivity contribution is -0.142. The smallest absolute Gasteiger partial charge is 0.433 e. The Hall–Kier alpha value is -2.88. The van der Waals surface area contributed by atoms with Crippen molar-refractivity contribution >= 4 is 5.78 Å². The molecule has 2 aliphatic heterocycles. The maximum absolute atomic E-state index is 13.5. The van der Waals surface area contributed by atoms with Gasteiger partial charge in [0.1, 0.15) is 6.33 Å². The zero-order valence-electron chi connectivity index (χ0n) is 17.7. The number of fused-ring (bicyclic) bond motifs is 2. The van der Waals surface area contributed by atoms with E-state index in [1.807, 2.05) is 12.1 Å². The quantitative estimate of drug-likeness (QED) is 0.591. The number of nitrogens with zero attached hydrogens (tertiary/aromatic N) is 5. The van der Waals surface area contributed by atoms with Gasteiger partial charge in [0.25, 0.3) is 5.78 Å². The first-order chi connectivity index (χ1) is 15.4. The van der Waals surface area contributed by atoms with E-state index < -0.39 is 11.9 Å². The van der Waals surface area contributed by atoms with Gasteiger partial charge < -0.3 is 14.4 Å². The predicted molar refractivity (Wildman–Crippen MR) is 110 cm³/mol. The normalized spacial score (nSPS) is 18.4. The zero-order valence-corrected chi connectivity index (χ0v) is 17.7. The van der Waals surface area contributed by atoms with Gasteiger partial charge in [-0.25, -0.2) is 4.98 Å². The molecule has 7 nitrogen and oxygen atoms in total. The molecule has 0 bridgehead atoms. The SMILES string of the molecule is CC(Cc1ccc2c(c1)OCO2)CN1CCC(c2cc(C(F)(F)F)n3ncnc3n2)CC1. The maximum Gasteiger partial charge on any atom is 0.433 e. The van der Waals surface area contributed by atoms with E-state index in [0.29, 0.717) is 11.6 Å². The summed E-state index contributed by atoms with van der Waals surface area (Å²) in [6.07, 6.45) is -0.937. The molecule has 2 aliphatic rings. The molecule has 0 spiro atoms. The number of ether oxygens (including phenoxy) is 2. The molecule has 0 amide bonds. The molecule has 0 N–H and O–H groups in total. The second-order valence-electron chi connectivity index (χ2n) is 8.61. The molecule has 1 aromatic carbocycles. The van der Waals surface area contributed by atoms with E-state index >= 15 is 0 Å². The van der Waals surface area contributed by atoms with E-state index in [2.05, 4.69) is 33.0 Å². The fourth-order valence-electron chi connectivity index (χ4n) is 4.63. The van der Waals surface area contributed by atoms with Crippen LogP contribution in [-0.4, -0.2) is 50.9 Å². The lowest BCUT2D eigenvalue weighted by Crippen LogP contribution is -2.36. The Morgan fingerprint density at radius 3 is 2.69 bits per heavy atom. The standard InChI is InChI=1S/C22H24F3N5O2/c1-14(8-15-2-3-18-19(9-15)32-13-31-18)11-29-6-4-16(5-7-29)17-10-20(22(23,24)25)30-21(28-17)26-12-27-30/h2-3,9-10,12,14,16H,4-8,11,13H2,1H3. The molecular weight excluding hydrogens is 423 g/mol. The van der Waals surface area contributed by atoms with Crippen molar-refractivity contribution in [2.45, 2.75) is 38.3 Å². The number of rotatable bonds is 5. The van der Waals surface area contributed by atoms with E-state index in [1.54, 1.807) is 0 Å². The van der Waals surface area contributed by atoms with Crippen LogP contribution < -0.4 is 9.47 Å². The van der Waals surface area contributed by atoms with Gasteiger partial charge in [0.2, 0.25) is 6.79 Å². The molecule has 5 rings (SSSR count). The van der Waals surface area contributed by atoms with Gasteiger partial charge in [-0.05, 0) is 62.0 Å². The van der Waals surface area contributed by atoms with Crippen LogP contribution >= 0.6 is 0 Å². The van der Waals surface area contributed by atoms with Gasteiger partial charge in [-0.1, -0.05) is 13.0 Å². The summed E-state index contributed by atoms with van der Waals surface area (Å²) in [5.41, 5.74) is 0.836. The topological polar surface area (TPSA) is 64.8 Å². The Morgan fingerprint density at radius 1 is 1.12 bits per heavy atom. The van der Waals surface area contributed by atoms with E-state index in [9.17, 15) is 13.2 Å². The van der Waals surface area contributed by atoms with Gasteiger partial charge in [0, 0.05) is 18.2 Å². The minimum Gasteiger partial charge on any atom is -0.454 e. The number of benzene rings is 1. The van der Waals surface area contributed by atoms with Crippen molar-refractivity contribution < 1.29 is 22.6 Å². The van der Waals surface area contributed by atoms with Crippen LogP contribution in [0.25, 0.3) is 5.78 Å². The Bertz CT molecular complexity index is 1110. The number of hydrogen-bond donors (Lipinski definition) is 0. The van der Waals surface area contributed by atoms with Crippen LogP contribution in [-0.2, 0) is 12.6 Å². The third-order valence-corrected chi connectivity index (χ3v) is 6.16. The van der Waals surface area contributed by atoms with Crippen molar-refractivity contribution in [3.8, 4) is 11.5 Å². The van der Waals surface area contributed by atoms with Crippen LogP contribution in [0.3, 0.4) is 0 Å². The first-order valence-electron chi connectivity index (χ1n) is 10.8. The highest BCUT2D eigenvalue weighted by Crippen LogP contribution is 2.35. The highest BCUT2D eigenvalue weighted by atomic mass is 19.4. The Kier molecular flexibility index (Phi) is 5.40. The molecule has 10 heteroatoms. The molecule has 3 aromatic rings. The third kappa shape index (κ3) is 4.23. The van der Waals surface area contributed by atoms with E-state index in [1.165, 1.54) is 5.56 Å². The Morgan fingerprint density at radius 2 is 1.91 bits per heavy atom. The highest BCUT2D eigenvalue weighted by molar-refractivity contribution is 5.44. The van der Waals surface area contributed by atoms with Crippen molar-refractivity contribution in [1.29, 1.82) is 0 Å². The molecule has 1 fully saturated rings. The predicted octanol–water partition coefficient (Wildman–Crippen LogP) is 3.93. The van der Waals surface area contributed by atoms with Crippen molar-refractivity contribution in [3.05, 3.63) is 47.5 Å². The summed E-state index contributed by atoms with van der Waals surface area (Å²) in [7, 11) is 0. The molecule has 4 heterocycles. The summed E-state index contributed by atoms with van der Waals surface area (Å²) in [4.78, 5) is 10.6. The minimum atomic E-state index is -4.51. The summed E-state index contributed by atoms with van der Waals surface area (Å²) in [5, 5.41) is 3.67. The van der Waals surface area contributed by atoms with Gasteiger partial charge in [-0.2, -0.15) is 27.8 Å². The van der Waals surface area contributed by atoms with Crippen LogP contribution in [0.4, 0.5) is 13.2 Å². The molecular formula is C22H24F3N5O2. The van der Waals surface area contributed by atoms with Crippen molar-refractivity contribution in [1.82, 2.24) is 24.5 Å². The zero-order chi connectivity index (χ0) is 22.3. The second-order valence-corrected chi connectivity index (χ2v) is 8.61. The number of aromatic nitrogens is 4. The maximum atomic E-state index is 13.5. The first kappa shape index (κ1) is 21.0. The summed E-state index contributed by atoms with van der Waals surface area (Å²) in [6.45, 7) is 5.08. The lowest BCUT2D eigenvalue weighted by Gasteiger charge is -2.33. The number of likely N-dealkylation sites (tertiary alicyclic amines) is 1. The molecule has 1 unspecified atom stereocenters. The first-order valence-corrected chi connectivity index (χ1v) is 10.8. The molecule has 170 valence electrons. The minimum absolute atomic E-state index is 0.00500. The average Bonchev–Trinajstić information content (AvgIpc) is 3.41. The molecule has 1 atom stereocenters. The summed E-state index contributed by atoms with van der Waals surface area (Å²) in [6, 6.07) is 7.19. The van der Waals surface area contributed by atoms with Gasteiger partial charge in [-0.15, -0.1) is 0 Å². The van der Waals surface area contributed by atoms with Crippen molar-refractivity contribution in [2.24, 2.45) is 5.92 Å². The van der Waals surface area contributed by atoms with Crippen LogP contribution in [0.1, 0.15) is 42.6 Å². The van der Waals surface area contributed by atoms with E-state index in [-0.39, 0.29) is 18.5 Å². The van der Waals surface area contributed by atoms with Gasteiger partial charge in [0.15, 0.2) is 17.2 Å². The second kappa shape index (κ2) is 8.23. The Balaban J connectivity index is 1.20. The van der Waals surface area contributed by atoms with Gasteiger partial charge >= 0.3 is 6.18 Å². The largest absolute Gasteiger partial charge is 0.454 e. The van der Waals surface area contributed by atoms with Crippen LogP contribution in [0.2, 0.25) is 0 Å². The van der Waals surface area contributed by atoms with Gasteiger partial charge in [0.05, 0.1) is 0 Å². The fourth-order valence-corrected chi connectivity index (χ4v) is 4.63. The van der Waals surface area contributed by atoms with Crippen molar-refractivity contribution in [2.75, 3.05) is 26.4 Å². The molecule has 0 saturated carbocycles. The summed E-state index contributed by atoms with van der Waals surface area (Å²) in [5.74, 6) is 2.00. The summed E-state index contributed by atoms with van der Waals surface area (Å²) >= 11 is 0. The van der Waals surface area contributed by atoms with Crippen LogP contribution in [0, 0.1) is 5.92 Å². The molecule has 2 aromatic heterocycles. The monoisotopic (exact) mass is 447 g/mol. The number of halogens is 3. The third-order valence-electron chi connectivity index (χ3n) is 6.16. The van der Waals surface area contributed by atoms with Gasteiger partial charge in [-0.3, -0.25) is 0 Å². The Labute approximate surface area is 183 Å². The van der Waals surface area contributed by atoms with E-state index in [4.69, 9.17) is 9.47 Å². The molecule has 0 aliphatic carbocycles.